The van der Waals surface area contributed by atoms with Crippen molar-refractivity contribution in [2.75, 3.05) is 13.1 Å². The quantitative estimate of drug-likeness (QED) is 0.750. The van der Waals surface area contributed by atoms with Gasteiger partial charge in [0.1, 0.15) is 0 Å². The lowest BCUT2D eigenvalue weighted by Crippen LogP contribution is -2.54. The molecule has 1 saturated heterocycles. The largest absolute Gasteiger partial charge is 0.329 e. The van der Waals surface area contributed by atoms with Crippen molar-refractivity contribution in [1.29, 1.82) is 0 Å². The average Bonchev–Trinajstić information content (AvgIpc) is 2.65. The van der Waals surface area contributed by atoms with Gasteiger partial charge in [-0.25, -0.2) is 0 Å². The first kappa shape index (κ1) is 12.0. The predicted molar refractivity (Wildman–Crippen MR) is 62.3 cm³/mol. The number of hydrogen-bond acceptors (Lipinski definition) is 2. The van der Waals surface area contributed by atoms with Gasteiger partial charge in [-0.2, -0.15) is 0 Å². The zero-order valence-corrected chi connectivity index (χ0v) is 10.2. The van der Waals surface area contributed by atoms with E-state index in [9.17, 15) is 0 Å². The Morgan fingerprint density at radius 3 is 2.57 bits per heavy atom. The minimum atomic E-state index is 0.228. The maximum Gasteiger partial charge on any atom is 0.0304 e. The van der Waals surface area contributed by atoms with Crippen LogP contribution in [0, 0.1) is 5.92 Å². The van der Waals surface area contributed by atoms with Crippen LogP contribution in [-0.2, 0) is 0 Å². The van der Waals surface area contributed by atoms with Gasteiger partial charge < -0.3 is 5.73 Å². The summed E-state index contributed by atoms with van der Waals surface area (Å²) in [6.07, 6.45) is 3.86. The summed E-state index contributed by atoms with van der Waals surface area (Å²) in [6, 6.07) is 0.753. The van der Waals surface area contributed by atoms with Crippen LogP contribution in [-0.4, -0.2) is 29.6 Å². The zero-order chi connectivity index (χ0) is 10.8. The Kier molecular flexibility index (Phi) is 3.96. The monoisotopic (exact) mass is 198 g/mol. The van der Waals surface area contributed by atoms with E-state index in [1.807, 2.05) is 0 Å². The Labute approximate surface area is 88.8 Å². The summed E-state index contributed by atoms with van der Waals surface area (Å²) in [6.45, 7) is 11.2. The van der Waals surface area contributed by atoms with E-state index in [0.29, 0.717) is 0 Å². The minimum absolute atomic E-state index is 0.228. The third-order valence-corrected chi connectivity index (χ3v) is 3.96. The van der Waals surface area contributed by atoms with Gasteiger partial charge in [0.2, 0.25) is 0 Å². The molecule has 0 amide bonds. The smallest absolute Gasteiger partial charge is 0.0304 e. The van der Waals surface area contributed by atoms with Gasteiger partial charge in [-0.15, -0.1) is 0 Å². The fraction of sp³-hybridized carbons (Fsp3) is 1.00. The van der Waals surface area contributed by atoms with Crippen LogP contribution in [0.2, 0.25) is 0 Å². The van der Waals surface area contributed by atoms with Crippen LogP contribution in [0.1, 0.15) is 47.0 Å². The van der Waals surface area contributed by atoms with E-state index in [4.69, 9.17) is 5.73 Å². The molecule has 1 fully saturated rings. The van der Waals surface area contributed by atoms with Crippen LogP contribution in [0.4, 0.5) is 0 Å². The lowest BCUT2D eigenvalue weighted by Gasteiger charge is -2.42. The molecule has 2 unspecified atom stereocenters. The first-order valence-corrected chi connectivity index (χ1v) is 6.02. The van der Waals surface area contributed by atoms with Crippen LogP contribution in [0.3, 0.4) is 0 Å². The molecule has 0 bridgehead atoms. The molecule has 0 aromatic carbocycles. The fourth-order valence-corrected chi connectivity index (χ4v) is 2.62. The van der Waals surface area contributed by atoms with E-state index >= 15 is 0 Å². The topological polar surface area (TPSA) is 29.3 Å². The Morgan fingerprint density at radius 2 is 2.14 bits per heavy atom. The molecule has 1 rings (SSSR count). The van der Waals surface area contributed by atoms with Crippen LogP contribution in [0.5, 0.6) is 0 Å². The van der Waals surface area contributed by atoms with Crippen LogP contribution in [0.25, 0.3) is 0 Å². The van der Waals surface area contributed by atoms with Crippen LogP contribution < -0.4 is 5.73 Å². The first-order chi connectivity index (χ1) is 6.55. The Morgan fingerprint density at radius 1 is 1.50 bits per heavy atom. The normalized spacial score (nSPS) is 28.3. The lowest BCUT2D eigenvalue weighted by atomic mass is 9.92. The molecule has 84 valence electrons. The third-order valence-electron chi connectivity index (χ3n) is 3.96. The molecule has 14 heavy (non-hydrogen) atoms. The van der Waals surface area contributed by atoms with Crippen molar-refractivity contribution in [2.24, 2.45) is 11.7 Å². The number of nitrogens with two attached hydrogens (primary N) is 1. The standard InChI is InChI=1S/C12H26N2/c1-5-12(4,9-13)14-8-6-7-11(14)10(2)3/h10-11H,5-9,13H2,1-4H3. The molecule has 1 aliphatic heterocycles. The molecule has 0 spiro atoms. The summed E-state index contributed by atoms with van der Waals surface area (Å²) < 4.78 is 0. The van der Waals surface area contributed by atoms with E-state index < -0.39 is 0 Å². The van der Waals surface area contributed by atoms with Crippen LogP contribution >= 0.6 is 0 Å². The number of likely N-dealkylation sites (tertiary alicyclic amines) is 1. The molecule has 1 aliphatic rings. The van der Waals surface area contributed by atoms with E-state index in [1.165, 1.54) is 19.4 Å². The van der Waals surface area contributed by atoms with Gasteiger partial charge >= 0.3 is 0 Å². The maximum atomic E-state index is 5.92. The van der Waals surface area contributed by atoms with E-state index in [1.54, 1.807) is 0 Å². The van der Waals surface area contributed by atoms with Gasteiger partial charge in [0, 0.05) is 18.1 Å². The number of rotatable bonds is 4. The molecule has 1 heterocycles. The van der Waals surface area contributed by atoms with Gasteiger partial charge in [0.05, 0.1) is 0 Å². The summed E-state index contributed by atoms with van der Waals surface area (Å²) in [4.78, 5) is 2.65. The predicted octanol–water partition coefficient (Wildman–Crippen LogP) is 2.23. The highest BCUT2D eigenvalue weighted by atomic mass is 15.2. The maximum absolute atomic E-state index is 5.92. The molecule has 2 heteroatoms. The Hall–Kier alpha value is -0.0800. The molecular formula is C12H26N2. The van der Waals surface area contributed by atoms with E-state index in [0.717, 1.165) is 24.9 Å². The molecule has 0 aliphatic carbocycles. The number of hydrogen-bond donors (Lipinski definition) is 1. The van der Waals surface area contributed by atoms with Crippen molar-refractivity contribution >= 4 is 0 Å². The SMILES string of the molecule is CCC(C)(CN)N1CCCC1C(C)C. The average molecular weight is 198 g/mol. The fourth-order valence-electron chi connectivity index (χ4n) is 2.62. The molecule has 2 atom stereocenters. The zero-order valence-electron chi connectivity index (χ0n) is 10.2. The van der Waals surface area contributed by atoms with Crippen molar-refractivity contribution in [3.05, 3.63) is 0 Å². The summed E-state index contributed by atoms with van der Waals surface area (Å²) >= 11 is 0. The van der Waals surface area contributed by atoms with Gasteiger partial charge in [-0.3, -0.25) is 4.90 Å². The molecule has 2 N–H and O–H groups in total. The van der Waals surface area contributed by atoms with Crippen molar-refractivity contribution < 1.29 is 0 Å². The highest BCUT2D eigenvalue weighted by molar-refractivity contribution is 4.94. The van der Waals surface area contributed by atoms with Crippen molar-refractivity contribution in [3.63, 3.8) is 0 Å². The molecule has 2 nitrogen and oxygen atoms in total. The van der Waals surface area contributed by atoms with Crippen molar-refractivity contribution in [2.45, 2.75) is 58.5 Å². The van der Waals surface area contributed by atoms with Gasteiger partial charge in [-0.1, -0.05) is 20.8 Å². The second-order valence-electron chi connectivity index (χ2n) is 5.20. The summed E-state index contributed by atoms with van der Waals surface area (Å²) in [5.74, 6) is 0.759. The second-order valence-corrected chi connectivity index (χ2v) is 5.20. The Balaban J connectivity index is 2.74. The Bertz CT molecular complexity index is 173. The van der Waals surface area contributed by atoms with Gasteiger partial charge in [0.25, 0.3) is 0 Å². The van der Waals surface area contributed by atoms with Gasteiger partial charge in [0.15, 0.2) is 0 Å². The van der Waals surface area contributed by atoms with Crippen molar-refractivity contribution in [1.82, 2.24) is 4.90 Å². The highest BCUT2D eigenvalue weighted by Gasteiger charge is 2.38. The molecule has 0 aromatic heterocycles. The molecule has 0 aromatic rings. The summed E-state index contributed by atoms with van der Waals surface area (Å²) in [5.41, 5.74) is 6.15. The van der Waals surface area contributed by atoms with Crippen molar-refractivity contribution in [3.8, 4) is 0 Å². The molecular weight excluding hydrogens is 172 g/mol. The number of nitrogens with zero attached hydrogens (tertiary/aromatic N) is 1. The first-order valence-electron chi connectivity index (χ1n) is 6.02. The third kappa shape index (κ3) is 2.12. The highest BCUT2D eigenvalue weighted by Crippen LogP contribution is 2.32. The van der Waals surface area contributed by atoms with Crippen LogP contribution in [0.15, 0.2) is 0 Å². The van der Waals surface area contributed by atoms with E-state index in [-0.39, 0.29) is 5.54 Å². The van der Waals surface area contributed by atoms with Gasteiger partial charge in [-0.05, 0) is 38.6 Å². The van der Waals surface area contributed by atoms with E-state index in [2.05, 4.69) is 32.6 Å². The summed E-state index contributed by atoms with van der Waals surface area (Å²) in [7, 11) is 0. The molecule has 0 radical (unpaired) electrons. The summed E-state index contributed by atoms with van der Waals surface area (Å²) in [5, 5.41) is 0. The minimum Gasteiger partial charge on any atom is -0.329 e. The molecule has 0 saturated carbocycles. The lowest BCUT2D eigenvalue weighted by molar-refractivity contribution is 0.0704. The second kappa shape index (κ2) is 4.63.